The van der Waals surface area contributed by atoms with E-state index >= 15 is 0 Å². The molecule has 2 aromatic heterocycles. The van der Waals surface area contributed by atoms with Gasteiger partial charge in [0.15, 0.2) is 10.2 Å². The Morgan fingerprint density at radius 3 is 2.62 bits per heavy atom. The van der Waals surface area contributed by atoms with E-state index in [-0.39, 0.29) is 12.1 Å². The molecular formula is C21H19F2N5OS3. The largest absolute Gasteiger partial charge is 0.382 e. The van der Waals surface area contributed by atoms with E-state index in [0.29, 0.717) is 10.2 Å². The third-order valence-corrected chi connectivity index (χ3v) is 7.78. The number of aromatic nitrogens is 5. The van der Waals surface area contributed by atoms with Crippen molar-refractivity contribution in [1.82, 2.24) is 24.1 Å². The topological polar surface area (TPSA) is 76.7 Å². The smallest absolute Gasteiger partial charge is 0.174 e. The summed E-state index contributed by atoms with van der Waals surface area (Å²) in [7, 11) is 0. The summed E-state index contributed by atoms with van der Waals surface area (Å²) >= 11 is 4.13. The number of hydrogen-bond acceptors (Lipinski definition) is 8. The van der Waals surface area contributed by atoms with Crippen LogP contribution in [0.2, 0.25) is 0 Å². The third-order valence-electron chi connectivity index (χ3n) is 4.97. The minimum Gasteiger partial charge on any atom is -0.382 e. The van der Waals surface area contributed by atoms with Crippen molar-refractivity contribution in [1.29, 1.82) is 0 Å². The second kappa shape index (κ2) is 9.65. The van der Waals surface area contributed by atoms with E-state index in [4.69, 9.17) is 0 Å². The summed E-state index contributed by atoms with van der Waals surface area (Å²) in [6.45, 7) is 1.70. The SMILES string of the molecule is CSc1ccc(-c2nsc(S[C@H](C)C(O)(Cn3cncn3)c3ccc(F)cc3F)n2)cc1. The fraction of sp³-hybridized carbons (Fsp3) is 0.238. The number of hydrogen-bond donors (Lipinski definition) is 1. The van der Waals surface area contributed by atoms with Crippen molar-refractivity contribution in [3.05, 3.63) is 72.3 Å². The molecule has 0 spiro atoms. The average molecular weight is 492 g/mol. The molecule has 0 bridgehead atoms. The number of thioether (sulfide) groups is 2. The van der Waals surface area contributed by atoms with E-state index in [1.165, 1.54) is 46.7 Å². The first kappa shape index (κ1) is 22.8. The maximum atomic E-state index is 14.7. The van der Waals surface area contributed by atoms with Crippen molar-refractivity contribution in [2.45, 2.75) is 33.6 Å². The van der Waals surface area contributed by atoms with Crippen LogP contribution in [-0.2, 0) is 12.1 Å². The van der Waals surface area contributed by atoms with Gasteiger partial charge in [-0.3, -0.25) is 0 Å². The number of halogens is 2. The standard InChI is InChI=1S/C21H19F2N5OS3/c1-13(31-20-26-19(27-32-20)14-3-6-16(30-2)7-4-14)21(29,10-28-12-24-11-25-28)17-8-5-15(22)9-18(17)23/h3-9,11-13,29H,10H2,1-2H3/t13-,21?/m1/s1. The van der Waals surface area contributed by atoms with Gasteiger partial charge in [-0.15, -0.1) is 11.8 Å². The summed E-state index contributed by atoms with van der Waals surface area (Å²) in [6.07, 6.45) is 4.78. The van der Waals surface area contributed by atoms with E-state index in [9.17, 15) is 13.9 Å². The molecular weight excluding hydrogens is 472 g/mol. The van der Waals surface area contributed by atoms with Crippen LogP contribution in [0.15, 0.2) is 64.4 Å². The van der Waals surface area contributed by atoms with Gasteiger partial charge in [-0.1, -0.05) is 30.0 Å². The van der Waals surface area contributed by atoms with Gasteiger partial charge in [0.2, 0.25) is 0 Å². The van der Waals surface area contributed by atoms with Gasteiger partial charge >= 0.3 is 0 Å². The number of rotatable bonds is 8. The molecule has 2 atom stereocenters. The minimum atomic E-state index is -1.71. The first-order valence-corrected chi connectivity index (χ1v) is 12.4. The Bertz CT molecular complexity index is 1190. The summed E-state index contributed by atoms with van der Waals surface area (Å²) in [5.74, 6) is -0.951. The molecule has 0 fully saturated rings. The molecule has 0 saturated heterocycles. The first-order valence-electron chi connectivity index (χ1n) is 9.54. The molecule has 0 radical (unpaired) electrons. The van der Waals surface area contributed by atoms with Crippen LogP contribution in [0.1, 0.15) is 12.5 Å². The summed E-state index contributed by atoms with van der Waals surface area (Å²) in [4.78, 5) is 9.61. The Hall–Kier alpha value is -2.34. The van der Waals surface area contributed by atoms with Crippen LogP contribution in [0, 0.1) is 11.6 Å². The maximum absolute atomic E-state index is 14.7. The van der Waals surface area contributed by atoms with Gasteiger partial charge < -0.3 is 5.11 Å². The highest BCUT2D eigenvalue weighted by Crippen LogP contribution is 2.40. The summed E-state index contributed by atoms with van der Waals surface area (Å²) in [5, 5.41) is 15.1. The van der Waals surface area contributed by atoms with E-state index in [1.807, 2.05) is 30.5 Å². The van der Waals surface area contributed by atoms with Gasteiger partial charge in [-0.05, 0) is 42.9 Å². The highest BCUT2D eigenvalue weighted by Gasteiger charge is 2.40. The lowest BCUT2D eigenvalue weighted by Crippen LogP contribution is -2.41. The van der Waals surface area contributed by atoms with Crippen molar-refractivity contribution in [2.75, 3.05) is 6.26 Å². The van der Waals surface area contributed by atoms with Crippen LogP contribution in [0.3, 0.4) is 0 Å². The zero-order chi connectivity index (χ0) is 22.7. The van der Waals surface area contributed by atoms with E-state index in [1.54, 1.807) is 18.7 Å². The minimum absolute atomic E-state index is 0.0215. The van der Waals surface area contributed by atoms with Crippen LogP contribution >= 0.6 is 35.1 Å². The van der Waals surface area contributed by atoms with E-state index < -0.39 is 22.5 Å². The molecule has 4 aromatic rings. The Morgan fingerprint density at radius 1 is 1.19 bits per heavy atom. The molecule has 6 nitrogen and oxygen atoms in total. The Kier molecular flexibility index (Phi) is 6.89. The third kappa shape index (κ3) is 4.85. The van der Waals surface area contributed by atoms with Crippen molar-refractivity contribution in [2.24, 2.45) is 0 Å². The van der Waals surface area contributed by atoms with Crippen LogP contribution < -0.4 is 0 Å². The lowest BCUT2D eigenvalue weighted by molar-refractivity contribution is 0.0133. The summed E-state index contributed by atoms with van der Waals surface area (Å²) in [5.41, 5.74) is -0.838. The molecule has 0 aliphatic heterocycles. The fourth-order valence-corrected chi connectivity index (χ4v) is 5.60. The van der Waals surface area contributed by atoms with Gasteiger partial charge in [0.05, 0.1) is 6.54 Å². The predicted molar refractivity (Wildman–Crippen MR) is 123 cm³/mol. The quantitative estimate of drug-likeness (QED) is 0.353. The molecule has 2 aromatic carbocycles. The fourth-order valence-electron chi connectivity index (χ4n) is 3.20. The first-order chi connectivity index (χ1) is 15.4. The van der Waals surface area contributed by atoms with E-state index in [0.717, 1.165) is 22.6 Å². The lowest BCUT2D eigenvalue weighted by Gasteiger charge is -2.33. The van der Waals surface area contributed by atoms with Gasteiger partial charge in [-0.25, -0.2) is 23.4 Å². The zero-order valence-corrected chi connectivity index (χ0v) is 19.6. The van der Waals surface area contributed by atoms with Crippen LogP contribution in [0.5, 0.6) is 0 Å². The zero-order valence-electron chi connectivity index (χ0n) is 17.1. The van der Waals surface area contributed by atoms with Crippen molar-refractivity contribution >= 4 is 35.1 Å². The Morgan fingerprint density at radius 2 is 1.97 bits per heavy atom. The second-order valence-corrected chi connectivity index (χ2v) is 10.2. The summed E-state index contributed by atoms with van der Waals surface area (Å²) in [6, 6.07) is 11.1. The highest BCUT2D eigenvalue weighted by atomic mass is 32.2. The second-order valence-electron chi connectivity index (χ2n) is 7.01. The van der Waals surface area contributed by atoms with Crippen LogP contribution in [0.25, 0.3) is 11.4 Å². The Labute approximate surface area is 196 Å². The normalized spacial score (nSPS) is 14.3. The number of aliphatic hydroxyl groups is 1. The molecule has 0 saturated carbocycles. The number of benzene rings is 2. The summed E-state index contributed by atoms with van der Waals surface area (Å²) < 4.78 is 34.6. The number of nitrogens with zero attached hydrogens (tertiary/aromatic N) is 5. The predicted octanol–water partition coefficient (Wildman–Crippen LogP) is 4.87. The van der Waals surface area contributed by atoms with Crippen LogP contribution in [0.4, 0.5) is 8.78 Å². The molecule has 1 unspecified atom stereocenters. The molecule has 4 rings (SSSR count). The van der Waals surface area contributed by atoms with Gasteiger partial charge in [0.1, 0.15) is 29.9 Å². The highest BCUT2D eigenvalue weighted by molar-refractivity contribution is 8.01. The molecule has 1 N–H and O–H groups in total. The molecule has 0 amide bonds. The molecule has 32 heavy (non-hydrogen) atoms. The van der Waals surface area contributed by atoms with Gasteiger partial charge in [0, 0.05) is 27.3 Å². The average Bonchev–Trinajstić information content (AvgIpc) is 3.46. The van der Waals surface area contributed by atoms with Crippen molar-refractivity contribution in [3.8, 4) is 11.4 Å². The molecule has 0 aliphatic carbocycles. The molecule has 166 valence electrons. The van der Waals surface area contributed by atoms with Crippen molar-refractivity contribution in [3.63, 3.8) is 0 Å². The van der Waals surface area contributed by atoms with Crippen LogP contribution in [-0.4, -0.2) is 40.7 Å². The molecule has 0 aliphatic rings. The van der Waals surface area contributed by atoms with E-state index in [2.05, 4.69) is 19.4 Å². The van der Waals surface area contributed by atoms with Crippen molar-refractivity contribution < 1.29 is 13.9 Å². The maximum Gasteiger partial charge on any atom is 0.174 e. The Balaban J connectivity index is 1.61. The van der Waals surface area contributed by atoms with Gasteiger partial charge in [-0.2, -0.15) is 9.47 Å². The molecule has 11 heteroatoms. The monoisotopic (exact) mass is 491 g/mol. The lowest BCUT2D eigenvalue weighted by atomic mass is 9.90. The van der Waals surface area contributed by atoms with Gasteiger partial charge in [0.25, 0.3) is 0 Å². The molecule has 2 heterocycles.